The summed E-state index contributed by atoms with van der Waals surface area (Å²) in [5, 5.41) is 12.7. The van der Waals surface area contributed by atoms with E-state index in [4.69, 9.17) is 5.73 Å². The minimum Gasteiger partial charge on any atom is -0.396 e. The molecule has 1 aliphatic heterocycles. The average molecular weight is 496 g/mol. The van der Waals surface area contributed by atoms with Gasteiger partial charge in [-0.3, -0.25) is 9.89 Å². The molecule has 0 aliphatic carbocycles. The Morgan fingerprint density at radius 1 is 1.19 bits per heavy atom. The zero-order valence-corrected chi connectivity index (χ0v) is 20.9. The first-order valence-electron chi connectivity index (χ1n) is 11.9. The number of fused-ring (bicyclic) bond motifs is 1. The Morgan fingerprint density at radius 2 is 1.97 bits per heavy atom. The third-order valence-electron chi connectivity index (χ3n) is 6.10. The third-order valence-corrected chi connectivity index (χ3v) is 6.10. The molecule has 1 aliphatic rings. The summed E-state index contributed by atoms with van der Waals surface area (Å²) in [5.41, 5.74) is 9.20. The van der Waals surface area contributed by atoms with E-state index in [2.05, 4.69) is 30.2 Å². The van der Waals surface area contributed by atoms with Crippen LogP contribution in [0.15, 0.2) is 35.5 Å². The number of pyridine rings is 1. The summed E-state index contributed by atoms with van der Waals surface area (Å²) in [6.07, 6.45) is 1.40. The maximum Gasteiger partial charge on any atom is 0.229 e. The Hall–Kier alpha value is -3.50. The Kier molecular flexibility index (Phi) is 7.56. The highest BCUT2D eigenvalue weighted by molar-refractivity contribution is 6.06. The van der Waals surface area contributed by atoms with Crippen LogP contribution in [0.25, 0.3) is 11.3 Å². The van der Waals surface area contributed by atoms with Crippen molar-refractivity contribution < 1.29 is 13.9 Å². The lowest BCUT2D eigenvalue weighted by atomic mass is 9.95. The number of hydrogen-bond acceptors (Lipinski definition) is 8. The largest absolute Gasteiger partial charge is 0.396 e. The molecule has 36 heavy (non-hydrogen) atoms. The monoisotopic (exact) mass is 495 g/mol. The zero-order valence-electron chi connectivity index (χ0n) is 20.9. The van der Waals surface area contributed by atoms with Crippen LogP contribution in [0.4, 0.5) is 26.2 Å². The topological polar surface area (TPSA) is 113 Å². The van der Waals surface area contributed by atoms with E-state index < -0.39 is 11.6 Å². The number of nitrogen functional groups attached to an aromatic ring is 1. The van der Waals surface area contributed by atoms with Crippen molar-refractivity contribution in [1.82, 2.24) is 19.9 Å². The number of aliphatic imine (C=N–C) groups is 1. The molecule has 1 aromatic carbocycles. The quantitative estimate of drug-likeness (QED) is 0.336. The number of rotatable bonds is 7. The van der Waals surface area contributed by atoms with Crippen LogP contribution in [0.2, 0.25) is 0 Å². The molecule has 3 heterocycles. The normalized spacial score (nSPS) is 15.2. The highest BCUT2D eigenvalue weighted by atomic mass is 19.1. The summed E-state index contributed by atoms with van der Waals surface area (Å²) in [6.45, 7) is 7.76. The van der Waals surface area contributed by atoms with Gasteiger partial charge in [-0.25, -0.2) is 23.7 Å². The number of nitrogens with zero attached hydrogens (tertiary/aromatic N) is 5. The van der Waals surface area contributed by atoms with Gasteiger partial charge in [0.2, 0.25) is 5.95 Å². The lowest BCUT2D eigenvalue weighted by molar-refractivity contribution is 0.118. The van der Waals surface area contributed by atoms with Gasteiger partial charge in [-0.15, -0.1) is 0 Å². The number of β-amino-alcohol motifs (C(OH)–C–C–N with tert-alkyl or cyclic N) is 1. The van der Waals surface area contributed by atoms with Crippen LogP contribution in [0, 0.1) is 17.6 Å². The molecule has 0 amide bonds. The smallest absolute Gasteiger partial charge is 0.229 e. The number of nitrogens with two attached hydrogens (primary N) is 1. The molecule has 190 valence electrons. The molecule has 0 fully saturated rings. The summed E-state index contributed by atoms with van der Waals surface area (Å²) in [7, 11) is 1.61. The second-order valence-electron chi connectivity index (χ2n) is 9.33. The van der Waals surface area contributed by atoms with Crippen LogP contribution in [0.3, 0.4) is 0 Å². The lowest BCUT2D eigenvalue weighted by Gasteiger charge is -2.29. The molecule has 0 saturated carbocycles. The van der Waals surface area contributed by atoms with E-state index in [-0.39, 0.29) is 34.9 Å². The molecular weight excluding hydrogens is 464 g/mol. The Balaban J connectivity index is 1.62. The summed E-state index contributed by atoms with van der Waals surface area (Å²) in [6, 6.07) is 6.55. The number of benzene rings is 1. The molecule has 1 unspecified atom stereocenters. The van der Waals surface area contributed by atoms with Crippen molar-refractivity contribution in [2.24, 2.45) is 10.9 Å². The van der Waals surface area contributed by atoms with Crippen molar-refractivity contribution in [3.8, 4) is 11.3 Å². The number of aliphatic hydroxyl groups is 1. The van der Waals surface area contributed by atoms with Crippen LogP contribution in [-0.2, 0) is 13.0 Å². The van der Waals surface area contributed by atoms with Crippen molar-refractivity contribution in [3.63, 3.8) is 0 Å². The molecule has 0 bridgehead atoms. The average Bonchev–Trinajstić information content (AvgIpc) is 2.83. The second-order valence-corrected chi connectivity index (χ2v) is 9.33. The standard InChI is InChI=1S/C26H31F2N7O/c1-14(2)24(30-4)18-9-17(10-19(27)23(18)29)25-20(28)11-31-26(34-25)33-22-6-5-16-13-35(12-15(3)36)8-7-21(16)32-22/h5-6,9-11,14-15,36H,7-8,12-13,29H2,1-4H3,(H,31,32,33,34). The molecule has 0 spiro atoms. The number of nitrogens with one attached hydrogen (secondary N) is 1. The fourth-order valence-corrected chi connectivity index (χ4v) is 4.47. The van der Waals surface area contributed by atoms with Crippen molar-refractivity contribution in [2.75, 3.05) is 31.2 Å². The minimum absolute atomic E-state index is 0.00590. The SMILES string of the molecule is CN=C(c1cc(-c2nc(Nc3ccc4c(n3)CCN(CC(C)O)C4)ncc2F)cc(F)c1N)C(C)C. The van der Waals surface area contributed by atoms with E-state index in [1.807, 2.05) is 26.0 Å². The van der Waals surface area contributed by atoms with Gasteiger partial charge in [0.1, 0.15) is 17.3 Å². The lowest BCUT2D eigenvalue weighted by Crippen LogP contribution is -2.36. The van der Waals surface area contributed by atoms with Gasteiger partial charge in [0.25, 0.3) is 0 Å². The molecule has 10 heteroatoms. The summed E-state index contributed by atoms with van der Waals surface area (Å²) < 4.78 is 29.5. The van der Waals surface area contributed by atoms with E-state index in [0.29, 0.717) is 23.6 Å². The van der Waals surface area contributed by atoms with E-state index in [1.54, 1.807) is 20.0 Å². The van der Waals surface area contributed by atoms with Crippen LogP contribution in [0.5, 0.6) is 0 Å². The molecule has 8 nitrogen and oxygen atoms in total. The van der Waals surface area contributed by atoms with E-state index in [1.165, 1.54) is 0 Å². The van der Waals surface area contributed by atoms with E-state index >= 15 is 0 Å². The van der Waals surface area contributed by atoms with Gasteiger partial charge in [-0.2, -0.15) is 0 Å². The molecule has 3 aromatic rings. The molecule has 1 atom stereocenters. The van der Waals surface area contributed by atoms with E-state index in [0.717, 1.165) is 43.0 Å². The minimum atomic E-state index is -0.688. The fraction of sp³-hybridized carbons (Fsp3) is 0.385. The number of aromatic nitrogens is 3. The maximum atomic E-state index is 14.8. The molecule has 0 saturated heterocycles. The highest BCUT2D eigenvalue weighted by Crippen LogP contribution is 2.30. The van der Waals surface area contributed by atoms with Gasteiger partial charge in [0, 0.05) is 55.6 Å². The van der Waals surface area contributed by atoms with Gasteiger partial charge in [-0.1, -0.05) is 19.9 Å². The Bertz CT molecular complexity index is 1290. The van der Waals surface area contributed by atoms with Crippen molar-refractivity contribution >= 4 is 23.2 Å². The number of anilines is 3. The van der Waals surface area contributed by atoms with Gasteiger partial charge >= 0.3 is 0 Å². The number of halogens is 2. The first-order chi connectivity index (χ1) is 17.2. The molecule has 4 rings (SSSR count). The first kappa shape index (κ1) is 25.6. The summed E-state index contributed by atoms with van der Waals surface area (Å²) in [4.78, 5) is 19.5. The van der Waals surface area contributed by atoms with Gasteiger partial charge in [0.15, 0.2) is 5.82 Å². The molecule has 4 N–H and O–H groups in total. The van der Waals surface area contributed by atoms with Crippen LogP contribution >= 0.6 is 0 Å². The van der Waals surface area contributed by atoms with Crippen molar-refractivity contribution in [1.29, 1.82) is 0 Å². The fourth-order valence-electron chi connectivity index (χ4n) is 4.47. The van der Waals surface area contributed by atoms with Gasteiger partial charge in [0.05, 0.1) is 18.0 Å². The van der Waals surface area contributed by atoms with Crippen LogP contribution in [-0.4, -0.2) is 56.9 Å². The molecule has 2 aromatic heterocycles. The van der Waals surface area contributed by atoms with Crippen LogP contribution in [0.1, 0.15) is 37.6 Å². The Morgan fingerprint density at radius 3 is 2.67 bits per heavy atom. The molecular formula is C26H31F2N7O. The van der Waals surface area contributed by atoms with Crippen LogP contribution < -0.4 is 11.1 Å². The van der Waals surface area contributed by atoms with Crippen molar-refractivity contribution in [2.45, 2.75) is 39.8 Å². The van der Waals surface area contributed by atoms with Gasteiger partial charge in [-0.05, 0) is 36.6 Å². The zero-order chi connectivity index (χ0) is 26.0. The summed E-state index contributed by atoms with van der Waals surface area (Å²) >= 11 is 0. The third kappa shape index (κ3) is 5.50. The second kappa shape index (κ2) is 10.6. The van der Waals surface area contributed by atoms with Crippen molar-refractivity contribution in [3.05, 3.63) is 58.9 Å². The predicted octanol–water partition coefficient (Wildman–Crippen LogP) is 3.96. The summed E-state index contributed by atoms with van der Waals surface area (Å²) in [5.74, 6) is -0.699. The van der Waals surface area contributed by atoms with E-state index in [9.17, 15) is 13.9 Å². The number of hydrogen-bond donors (Lipinski definition) is 3. The van der Waals surface area contributed by atoms with Gasteiger partial charge < -0.3 is 16.2 Å². The maximum absolute atomic E-state index is 14.8. The number of aliphatic hydroxyl groups excluding tert-OH is 1. The first-order valence-corrected chi connectivity index (χ1v) is 11.9. The molecule has 0 radical (unpaired) electrons. The highest BCUT2D eigenvalue weighted by Gasteiger charge is 2.21. The Labute approximate surface area is 209 Å². The predicted molar refractivity (Wildman–Crippen MR) is 137 cm³/mol.